The van der Waals surface area contributed by atoms with E-state index in [4.69, 9.17) is 0 Å². The molecule has 1 aliphatic rings. The van der Waals surface area contributed by atoms with Crippen LogP contribution in [-0.2, 0) is 0 Å². The van der Waals surface area contributed by atoms with Gasteiger partial charge in [-0.2, -0.15) is 0 Å². The fraction of sp³-hybridized carbons (Fsp3) is 0.632. The Kier molecular flexibility index (Phi) is 10.3. The molecule has 0 aliphatic carbocycles. The molecule has 5 heteroatoms. The maximum Gasteiger partial charge on any atom is 0.191 e. The molecule has 0 amide bonds. The molecule has 24 heavy (non-hydrogen) atoms. The Labute approximate surface area is 164 Å². The Balaban J connectivity index is 0.00000288. The smallest absolute Gasteiger partial charge is 0.191 e. The molecule has 1 aliphatic heterocycles. The van der Waals surface area contributed by atoms with Crippen molar-refractivity contribution in [1.29, 1.82) is 0 Å². The highest BCUT2D eigenvalue weighted by Gasteiger charge is 2.14. The van der Waals surface area contributed by atoms with Crippen molar-refractivity contribution in [3.05, 3.63) is 35.9 Å². The summed E-state index contributed by atoms with van der Waals surface area (Å²) in [6.07, 6.45) is 3.87. The molecule has 0 aromatic heterocycles. The van der Waals surface area contributed by atoms with E-state index in [2.05, 4.69) is 58.6 Å². The van der Waals surface area contributed by atoms with Crippen molar-refractivity contribution in [3.8, 4) is 0 Å². The molecule has 0 bridgehead atoms. The van der Waals surface area contributed by atoms with Gasteiger partial charge in [0.25, 0.3) is 0 Å². The summed E-state index contributed by atoms with van der Waals surface area (Å²) in [6.45, 7) is 9.20. The van der Waals surface area contributed by atoms with Crippen LogP contribution in [0.1, 0.15) is 44.7 Å². The van der Waals surface area contributed by atoms with Crippen molar-refractivity contribution in [2.24, 2.45) is 10.9 Å². The molecule has 4 nitrogen and oxygen atoms in total. The fourth-order valence-electron chi connectivity index (χ4n) is 3.02. The average molecular weight is 444 g/mol. The summed E-state index contributed by atoms with van der Waals surface area (Å²) in [5, 5.41) is 6.88. The first kappa shape index (κ1) is 21.2. The Morgan fingerprint density at radius 3 is 2.54 bits per heavy atom. The lowest BCUT2D eigenvalue weighted by molar-refractivity contribution is 0.191. The van der Waals surface area contributed by atoms with E-state index in [1.807, 2.05) is 13.1 Å². The van der Waals surface area contributed by atoms with Crippen LogP contribution in [0.3, 0.4) is 0 Å². The van der Waals surface area contributed by atoms with Crippen molar-refractivity contribution in [3.63, 3.8) is 0 Å². The van der Waals surface area contributed by atoms with Gasteiger partial charge < -0.3 is 15.5 Å². The number of piperidine rings is 1. The van der Waals surface area contributed by atoms with Crippen LogP contribution in [0, 0.1) is 5.92 Å². The number of rotatable bonds is 6. The van der Waals surface area contributed by atoms with Crippen LogP contribution < -0.4 is 10.6 Å². The number of halogens is 1. The fourth-order valence-corrected chi connectivity index (χ4v) is 3.02. The minimum Gasteiger partial charge on any atom is -0.356 e. The molecule has 1 aromatic carbocycles. The topological polar surface area (TPSA) is 39.7 Å². The van der Waals surface area contributed by atoms with Crippen molar-refractivity contribution in [2.75, 3.05) is 33.2 Å². The second-order valence-corrected chi connectivity index (χ2v) is 6.65. The molecule has 1 aromatic rings. The first-order valence-corrected chi connectivity index (χ1v) is 8.93. The highest BCUT2D eigenvalue weighted by atomic mass is 127. The normalized spacial score (nSPS) is 17.9. The lowest BCUT2D eigenvalue weighted by Crippen LogP contribution is -2.40. The van der Waals surface area contributed by atoms with E-state index in [1.54, 1.807) is 0 Å². The van der Waals surface area contributed by atoms with Crippen molar-refractivity contribution in [2.45, 2.75) is 39.2 Å². The van der Waals surface area contributed by atoms with Gasteiger partial charge in [0.05, 0.1) is 6.04 Å². The maximum absolute atomic E-state index is 4.33. The quantitative estimate of drug-likeness (QED) is 0.305. The van der Waals surface area contributed by atoms with Crippen LogP contribution in [0.2, 0.25) is 0 Å². The summed E-state index contributed by atoms with van der Waals surface area (Å²) in [5.41, 5.74) is 1.28. The second-order valence-electron chi connectivity index (χ2n) is 6.65. The van der Waals surface area contributed by atoms with E-state index in [0.717, 1.165) is 24.8 Å². The number of hydrogen-bond donors (Lipinski definition) is 2. The van der Waals surface area contributed by atoms with E-state index in [1.165, 1.54) is 38.0 Å². The molecule has 1 saturated heterocycles. The molecule has 1 fully saturated rings. The summed E-state index contributed by atoms with van der Waals surface area (Å²) in [7, 11) is 1.83. The van der Waals surface area contributed by atoms with Crippen molar-refractivity contribution >= 4 is 29.9 Å². The molecule has 1 heterocycles. The third kappa shape index (κ3) is 7.38. The molecule has 0 spiro atoms. The van der Waals surface area contributed by atoms with Gasteiger partial charge in [0.2, 0.25) is 0 Å². The highest BCUT2D eigenvalue weighted by molar-refractivity contribution is 14.0. The number of benzene rings is 1. The third-order valence-electron chi connectivity index (χ3n) is 4.70. The largest absolute Gasteiger partial charge is 0.356 e. The minimum atomic E-state index is 0. The monoisotopic (exact) mass is 444 g/mol. The Morgan fingerprint density at radius 2 is 1.92 bits per heavy atom. The highest BCUT2D eigenvalue weighted by Crippen LogP contribution is 2.15. The lowest BCUT2D eigenvalue weighted by Gasteiger charge is -2.30. The first-order valence-electron chi connectivity index (χ1n) is 8.93. The Bertz CT molecular complexity index is 470. The second kappa shape index (κ2) is 11.7. The van der Waals surface area contributed by atoms with E-state index in [0.29, 0.717) is 0 Å². The van der Waals surface area contributed by atoms with Gasteiger partial charge in [-0.1, -0.05) is 37.3 Å². The third-order valence-corrected chi connectivity index (χ3v) is 4.70. The predicted molar refractivity (Wildman–Crippen MR) is 114 cm³/mol. The van der Waals surface area contributed by atoms with Gasteiger partial charge >= 0.3 is 0 Å². The molecular weight excluding hydrogens is 411 g/mol. The SMILES string of the molecule is CN=C(NCCCN1CCC(C)CC1)NC(C)c1ccccc1.I. The number of hydrogen-bond acceptors (Lipinski definition) is 2. The summed E-state index contributed by atoms with van der Waals surface area (Å²) >= 11 is 0. The summed E-state index contributed by atoms with van der Waals surface area (Å²) < 4.78 is 0. The van der Waals surface area contributed by atoms with Crippen molar-refractivity contribution < 1.29 is 0 Å². The van der Waals surface area contributed by atoms with Gasteiger partial charge in [0.15, 0.2) is 5.96 Å². The lowest BCUT2D eigenvalue weighted by atomic mass is 9.99. The number of likely N-dealkylation sites (tertiary alicyclic amines) is 1. The van der Waals surface area contributed by atoms with Gasteiger partial charge in [-0.3, -0.25) is 4.99 Å². The molecular formula is C19H33IN4. The molecule has 2 N–H and O–H groups in total. The number of nitrogens with zero attached hydrogens (tertiary/aromatic N) is 2. The summed E-state index contributed by atoms with van der Waals surface area (Å²) in [4.78, 5) is 6.92. The van der Waals surface area contributed by atoms with Crippen LogP contribution in [0.15, 0.2) is 35.3 Å². The molecule has 1 unspecified atom stereocenters. The number of guanidine groups is 1. The van der Waals surface area contributed by atoms with Crippen LogP contribution in [-0.4, -0.2) is 44.1 Å². The molecule has 0 radical (unpaired) electrons. The van der Waals surface area contributed by atoms with Gasteiger partial charge in [-0.05, 0) is 57.3 Å². The van der Waals surface area contributed by atoms with Crippen molar-refractivity contribution in [1.82, 2.24) is 15.5 Å². The summed E-state index contributed by atoms with van der Waals surface area (Å²) in [6, 6.07) is 10.7. The molecule has 0 saturated carbocycles. The van der Waals surface area contributed by atoms with E-state index in [-0.39, 0.29) is 30.0 Å². The van der Waals surface area contributed by atoms with Crippen LogP contribution in [0.5, 0.6) is 0 Å². The van der Waals surface area contributed by atoms with Crippen LogP contribution >= 0.6 is 24.0 Å². The van der Waals surface area contributed by atoms with Crippen LogP contribution in [0.25, 0.3) is 0 Å². The van der Waals surface area contributed by atoms with E-state index < -0.39 is 0 Å². The van der Waals surface area contributed by atoms with Gasteiger partial charge in [0.1, 0.15) is 0 Å². The molecule has 1 atom stereocenters. The minimum absolute atomic E-state index is 0. The zero-order valence-corrected chi connectivity index (χ0v) is 17.6. The molecule has 136 valence electrons. The van der Waals surface area contributed by atoms with E-state index in [9.17, 15) is 0 Å². The van der Waals surface area contributed by atoms with Gasteiger partial charge in [-0.15, -0.1) is 24.0 Å². The zero-order chi connectivity index (χ0) is 16.5. The van der Waals surface area contributed by atoms with Crippen LogP contribution in [0.4, 0.5) is 0 Å². The standard InChI is InChI=1S/C19H32N4.HI/c1-16-10-14-23(15-11-16)13-7-12-21-19(20-3)22-17(2)18-8-5-4-6-9-18;/h4-6,8-9,16-17H,7,10-15H2,1-3H3,(H2,20,21,22);1H. The Hall–Kier alpha value is -0.820. The van der Waals surface area contributed by atoms with Gasteiger partial charge in [-0.25, -0.2) is 0 Å². The summed E-state index contributed by atoms with van der Waals surface area (Å²) in [5.74, 6) is 1.79. The van der Waals surface area contributed by atoms with E-state index >= 15 is 0 Å². The first-order chi connectivity index (χ1) is 11.2. The maximum atomic E-state index is 4.33. The number of nitrogens with one attached hydrogen (secondary N) is 2. The zero-order valence-electron chi connectivity index (χ0n) is 15.3. The number of aliphatic imine (C=N–C) groups is 1. The average Bonchev–Trinajstić information content (AvgIpc) is 2.59. The van der Waals surface area contributed by atoms with Gasteiger partial charge in [0, 0.05) is 13.6 Å². The Morgan fingerprint density at radius 1 is 1.25 bits per heavy atom. The predicted octanol–water partition coefficient (Wildman–Crippen LogP) is 3.65. The molecule has 2 rings (SSSR count).